The molecular weight excluding hydrogens is 318 g/mol. The van der Waals surface area contributed by atoms with E-state index >= 15 is 0 Å². The average molecular weight is 337 g/mol. The molecular formula is C15H19N3O4S. The minimum Gasteiger partial charge on any atom is -0.481 e. The molecule has 0 radical (unpaired) electrons. The molecule has 7 nitrogen and oxygen atoms in total. The van der Waals surface area contributed by atoms with Crippen molar-refractivity contribution in [1.82, 2.24) is 9.78 Å². The molecule has 2 aromatic rings. The lowest BCUT2D eigenvalue weighted by molar-refractivity contribution is -0.136. The molecule has 0 fully saturated rings. The van der Waals surface area contributed by atoms with E-state index in [0.717, 1.165) is 5.56 Å². The monoisotopic (exact) mass is 337 g/mol. The summed E-state index contributed by atoms with van der Waals surface area (Å²) in [6.07, 6.45) is 1.68. The van der Waals surface area contributed by atoms with Crippen LogP contribution in [0.15, 0.2) is 35.4 Å². The van der Waals surface area contributed by atoms with Crippen LogP contribution in [0.25, 0.3) is 0 Å². The van der Waals surface area contributed by atoms with Crippen LogP contribution < -0.4 is 4.31 Å². The molecule has 0 saturated carbocycles. The van der Waals surface area contributed by atoms with Gasteiger partial charge < -0.3 is 5.11 Å². The van der Waals surface area contributed by atoms with Crippen molar-refractivity contribution in [2.24, 2.45) is 7.05 Å². The molecule has 0 aliphatic rings. The van der Waals surface area contributed by atoms with E-state index in [1.807, 2.05) is 0 Å². The van der Waals surface area contributed by atoms with Crippen molar-refractivity contribution in [3.05, 3.63) is 41.7 Å². The zero-order chi connectivity index (χ0) is 17.2. The summed E-state index contributed by atoms with van der Waals surface area (Å²) in [4.78, 5) is 10.8. The lowest BCUT2D eigenvalue weighted by atomic mass is 10.1. The van der Waals surface area contributed by atoms with Gasteiger partial charge in [-0.05, 0) is 31.0 Å². The fourth-order valence-electron chi connectivity index (χ4n) is 2.18. The van der Waals surface area contributed by atoms with Crippen LogP contribution in [0.1, 0.15) is 17.7 Å². The fraction of sp³-hybridized carbons (Fsp3) is 0.333. The highest BCUT2D eigenvalue weighted by atomic mass is 32.2. The van der Waals surface area contributed by atoms with Crippen LogP contribution >= 0.6 is 0 Å². The first-order valence-corrected chi connectivity index (χ1v) is 8.45. The molecule has 0 atom stereocenters. The Kier molecular flexibility index (Phi) is 4.74. The second kappa shape index (κ2) is 6.41. The average Bonchev–Trinajstić information content (AvgIpc) is 2.85. The SMILES string of the molecule is Cc1c(S(=O)(=O)N(C)c2cccc(CCC(=O)O)c2)cnn1C. The molecule has 0 aliphatic heterocycles. The Hall–Kier alpha value is -2.35. The molecule has 2 rings (SSSR count). The number of carboxylic acids is 1. The highest BCUT2D eigenvalue weighted by Crippen LogP contribution is 2.24. The Morgan fingerprint density at radius 1 is 1.39 bits per heavy atom. The van der Waals surface area contributed by atoms with Crippen LogP contribution in [-0.2, 0) is 28.3 Å². The molecule has 0 unspecified atom stereocenters. The van der Waals surface area contributed by atoms with Crippen LogP contribution in [0.4, 0.5) is 5.69 Å². The summed E-state index contributed by atoms with van der Waals surface area (Å²) in [5.41, 5.74) is 1.81. The maximum atomic E-state index is 12.7. The van der Waals surface area contributed by atoms with Gasteiger partial charge >= 0.3 is 5.97 Å². The van der Waals surface area contributed by atoms with Crippen molar-refractivity contribution in [2.75, 3.05) is 11.4 Å². The Labute approximate surface area is 135 Å². The third-order valence-corrected chi connectivity index (χ3v) is 5.62. The van der Waals surface area contributed by atoms with Crippen molar-refractivity contribution in [2.45, 2.75) is 24.7 Å². The molecule has 124 valence electrons. The highest BCUT2D eigenvalue weighted by molar-refractivity contribution is 7.92. The number of aliphatic carboxylic acids is 1. The molecule has 0 saturated heterocycles. The molecule has 0 amide bonds. The van der Waals surface area contributed by atoms with E-state index in [9.17, 15) is 13.2 Å². The minimum absolute atomic E-state index is 0.00162. The summed E-state index contributed by atoms with van der Waals surface area (Å²) in [5.74, 6) is -0.887. The molecule has 1 N–H and O–H groups in total. The second-order valence-corrected chi connectivity index (χ2v) is 7.19. The van der Waals surface area contributed by atoms with Gasteiger partial charge in [-0.2, -0.15) is 5.10 Å². The number of anilines is 1. The van der Waals surface area contributed by atoms with E-state index in [1.165, 1.54) is 22.2 Å². The number of nitrogens with zero attached hydrogens (tertiary/aromatic N) is 3. The van der Waals surface area contributed by atoms with Crippen molar-refractivity contribution in [3.63, 3.8) is 0 Å². The van der Waals surface area contributed by atoms with E-state index in [1.54, 1.807) is 38.2 Å². The number of rotatable bonds is 6. The third kappa shape index (κ3) is 3.53. The first kappa shape index (κ1) is 17.0. The Bertz CT molecular complexity index is 827. The number of hydrogen-bond acceptors (Lipinski definition) is 4. The van der Waals surface area contributed by atoms with Gasteiger partial charge in [0.15, 0.2) is 0 Å². The summed E-state index contributed by atoms with van der Waals surface area (Å²) < 4.78 is 28.1. The van der Waals surface area contributed by atoms with Crippen molar-refractivity contribution in [1.29, 1.82) is 0 Å². The normalized spacial score (nSPS) is 11.4. The number of sulfonamides is 1. The molecule has 23 heavy (non-hydrogen) atoms. The Morgan fingerprint density at radius 3 is 2.65 bits per heavy atom. The van der Waals surface area contributed by atoms with E-state index in [4.69, 9.17) is 5.11 Å². The molecule has 0 spiro atoms. The van der Waals surface area contributed by atoms with Crippen molar-refractivity contribution >= 4 is 21.7 Å². The lowest BCUT2D eigenvalue weighted by Gasteiger charge is -2.20. The lowest BCUT2D eigenvalue weighted by Crippen LogP contribution is -2.27. The van der Waals surface area contributed by atoms with Gasteiger partial charge in [0, 0.05) is 20.5 Å². The summed E-state index contributed by atoms with van der Waals surface area (Å²) in [6, 6.07) is 6.86. The van der Waals surface area contributed by atoms with Gasteiger partial charge in [-0.25, -0.2) is 8.42 Å². The maximum Gasteiger partial charge on any atom is 0.303 e. The van der Waals surface area contributed by atoms with E-state index < -0.39 is 16.0 Å². The topological polar surface area (TPSA) is 92.5 Å². The second-order valence-electron chi connectivity index (χ2n) is 5.25. The highest BCUT2D eigenvalue weighted by Gasteiger charge is 2.25. The number of aromatic nitrogens is 2. The molecule has 0 aliphatic carbocycles. The fourth-order valence-corrected chi connectivity index (χ4v) is 3.55. The van der Waals surface area contributed by atoms with Gasteiger partial charge in [-0.15, -0.1) is 0 Å². The van der Waals surface area contributed by atoms with Crippen LogP contribution in [-0.4, -0.2) is 36.3 Å². The summed E-state index contributed by atoms with van der Waals surface area (Å²) in [6.45, 7) is 1.69. The first-order chi connectivity index (χ1) is 10.7. The van der Waals surface area contributed by atoms with Gasteiger partial charge in [0.1, 0.15) is 4.90 Å². The molecule has 8 heteroatoms. The minimum atomic E-state index is -3.72. The number of carboxylic acid groups (broad SMARTS) is 1. The van der Waals surface area contributed by atoms with E-state index in [-0.39, 0.29) is 11.3 Å². The standard InChI is InChI=1S/C15H19N3O4S/c1-11-14(10-16-17(11)2)23(21,22)18(3)13-6-4-5-12(9-13)7-8-15(19)20/h4-6,9-10H,7-8H2,1-3H3,(H,19,20). The predicted molar refractivity (Wildman–Crippen MR) is 85.9 cm³/mol. The molecule has 0 bridgehead atoms. The quantitative estimate of drug-likeness (QED) is 0.864. The van der Waals surface area contributed by atoms with Gasteiger partial charge in [-0.3, -0.25) is 13.8 Å². The summed E-state index contributed by atoms with van der Waals surface area (Å²) >= 11 is 0. The van der Waals surface area contributed by atoms with Crippen LogP contribution in [0, 0.1) is 6.92 Å². The van der Waals surface area contributed by atoms with Crippen molar-refractivity contribution < 1.29 is 18.3 Å². The zero-order valence-corrected chi connectivity index (χ0v) is 14.0. The van der Waals surface area contributed by atoms with Crippen LogP contribution in [0.2, 0.25) is 0 Å². The van der Waals surface area contributed by atoms with Crippen molar-refractivity contribution in [3.8, 4) is 0 Å². The first-order valence-electron chi connectivity index (χ1n) is 7.01. The number of aryl methyl sites for hydroxylation is 2. The van der Waals surface area contributed by atoms with E-state index in [2.05, 4.69) is 5.10 Å². The zero-order valence-electron chi connectivity index (χ0n) is 13.2. The number of benzene rings is 1. The van der Waals surface area contributed by atoms with Gasteiger partial charge in [-0.1, -0.05) is 12.1 Å². The number of hydrogen-bond donors (Lipinski definition) is 1. The van der Waals surface area contributed by atoms with E-state index in [0.29, 0.717) is 17.8 Å². The van der Waals surface area contributed by atoms with Gasteiger partial charge in [0.2, 0.25) is 0 Å². The smallest absolute Gasteiger partial charge is 0.303 e. The van der Waals surface area contributed by atoms with Crippen LogP contribution in [0.3, 0.4) is 0 Å². The number of carbonyl (C=O) groups is 1. The van der Waals surface area contributed by atoms with Gasteiger partial charge in [0.25, 0.3) is 10.0 Å². The Morgan fingerprint density at radius 2 is 2.09 bits per heavy atom. The summed E-state index contributed by atoms with van der Waals surface area (Å²) in [7, 11) is -0.564. The predicted octanol–water partition coefficient (Wildman–Crippen LogP) is 1.57. The largest absolute Gasteiger partial charge is 0.481 e. The maximum absolute atomic E-state index is 12.7. The molecule has 1 aromatic carbocycles. The summed E-state index contributed by atoms with van der Waals surface area (Å²) in [5, 5.41) is 12.7. The molecule has 1 aromatic heterocycles. The van der Waals surface area contributed by atoms with Crippen LogP contribution in [0.5, 0.6) is 0 Å². The Balaban J connectivity index is 2.32. The van der Waals surface area contributed by atoms with Gasteiger partial charge in [0.05, 0.1) is 17.6 Å². The third-order valence-electron chi connectivity index (χ3n) is 3.73. The molecule has 1 heterocycles.